The highest BCUT2D eigenvalue weighted by atomic mass is 35.5. The van der Waals surface area contributed by atoms with Gasteiger partial charge in [-0.05, 0) is 17.7 Å². The van der Waals surface area contributed by atoms with Crippen molar-refractivity contribution in [3.8, 4) is 17.2 Å². The molecule has 2 aromatic rings. The summed E-state index contributed by atoms with van der Waals surface area (Å²) in [5.74, 6) is -0.0562. The second kappa shape index (κ2) is 7.65. The van der Waals surface area contributed by atoms with Crippen LogP contribution < -0.4 is 14.2 Å². The molecule has 1 aromatic carbocycles. The summed E-state index contributed by atoms with van der Waals surface area (Å²) in [4.78, 5) is 30.0. The Morgan fingerprint density at radius 3 is 2.57 bits per heavy atom. The normalized spacial score (nSPS) is 22.4. The number of rotatable bonds is 5. The summed E-state index contributed by atoms with van der Waals surface area (Å²) in [7, 11) is 2.91. The molecule has 0 radical (unpaired) electrons. The van der Waals surface area contributed by atoms with E-state index in [9.17, 15) is 9.59 Å². The van der Waals surface area contributed by atoms with E-state index >= 15 is 0 Å². The summed E-state index contributed by atoms with van der Waals surface area (Å²) in [6.45, 7) is 1.93. The van der Waals surface area contributed by atoms with Crippen molar-refractivity contribution in [3.63, 3.8) is 0 Å². The molecule has 1 aliphatic carbocycles. The Balaban J connectivity index is 1.80. The molecule has 7 nitrogen and oxygen atoms in total. The monoisotopic (exact) mass is 429 g/mol. The van der Waals surface area contributed by atoms with Gasteiger partial charge in [0.25, 0.3) is 0 Å². The van der Waals surface area contributed by atoms with Gasteiger partial charge in [-0.15, -0.1) is 0 Å². The van der Waals surface area contributed by atoms with E-state index in [1.165, 1.54) is 20.3 Å². The first-order chi connectivity index (χ1) is 14.4. The lowest BCUT2D eigenvalue weighted by molar-refractivity contribution is -0.118. The number of allylic oxidation sites excluding steroid dienone is 1. The summed E-state index contributed by atoms with van der Waals surface area (Å²) in [6, 6.07) is 5.12. The van der Waals surface area contributed by atoms with Gasteiger partial charge in [0.1, 0.15) is 28.7 Å². The molecule has 2 heterocycles. The minimum absolute atomic E-state index is 0.138. The third-order valence-corrected chi connectivity index (χ3v) is 5.78. The molecule has 0 saturated heterocycles. The molecule has 0 amide bonds. The third-order valence-electron chi connectivity index (χ3n) is 5.42. The number of methoxy groups -OCH3 is 2. The van der Waals surface area contributed by atoms with Gasteiger partial charge >= 0.3 is 0 Å². The van der Waals surface area contributed by atoms with Gasteiger partial charge in [-0.25, -0.2) is 0 Å². The lowest BCUT2D eigenvalue weighted by Crippen LogP contribution is -2.51. The van der Waals surface area contributed by atoms with Crippen LogP contribution in [0.1, 0.15) is 29.3 Å². The Kier molecular flexibility index (Phi) is 5.15. The van der Waals surface area contributed by atoms with Crippen molar-refractivity contribution in [3.05, 3.63) is 58.6 Å². The zero-order valence-electron chi connectivity index (χ0n) is 16.7. The summed E-state index contributed by atoms with van der Waals surface area (Å²) in [5, 5.41) is 0.163. The first-order valence-electron chi connectivity index (χ1n) is 9.37. The third kappa shape index (κ3) is 3.01. The molecular formula is C22H20ClNO6. The topological polar surface area (TPSA) is 84.0 Å². The maximum Gasteiger partial charge on any atom is 0.231 e. The molecule has 156 valence electrons. The molecule has 0 N–H and O–H groups in total. The minimum Gasteiger partial charge on any atom is -0.496 e. The molecule has 1 aliphatic heterocycles. The Morgan fingerprint density at radius 2 is 1.90 bits per heavy atom. The molecule has 0 saturated carbocycles. The lowest BCUT2D eigenvalue weighted by Gasteiger charge is -2.37. The van der Waals surface area contributed by atoms with Crippen molar-refractivity contribution in [1.29, 1.82) is 0 Å². The van der Waals surface area contributed by atoms with Gasteiger partial charge in [0.2, 0.25) is 11.4 Å². The highest BCUT2D eigenvalue weighted by Gasteiger charge is 2.60. The van der Waals surface area contributed by atoms with Crippen LogP contribution in [0.4, 0.5) is 0 Å². The number of pyridine rings is 1. The largest absolute Gasteiger partial charge is 0.496 e. The summed E-state index contributed by atoms with van der Waals surface area (Å²) in [5.41, 5.74) is -0.457. The van der Waals surface area contributed by atoms with Crippen LogP contribution in [-0.4, -0.2) is 36.4 Å². The number of hydrogen-bond acceptors (Lipinski definition) is 7. The molecule has 1 spiro atoms. The van der Waals surface area contributed by atoms with E-state index in [0.29, 0.717) is 5.75 Å². The second-order valence-electron chi connectivity index (χ2n) is 7.19. The Bertz CT molecular complexity index is 1050. The molecular weight excluding hydrogens is 410 g/mol. The second-order valence-corrected chi connectivity index (χ2v) is 7.57. The van der Waals surface area contributed by atoms with Crippen LogP contribution in [0.15, 0.2) is 42.4 Å². The molecule has 0 bridgehead atoms. The number of nitrogens with zero attached hydrogens (tertiary/aromatic N) is 1. The van der Waals surface area contributed by atoms with Crippen LogP contribution in [-0.2, 0) is 16.1 Å². The number of carbonyl (C=O) groups excluding carboxylic acids is 2. The summed E-state index contributed by atoms with van der Waals surface area (Å²) in [6.07, 6.45) is 4.75. The number of halogens is 1. The molecule has 30 heavy (non-hydrogen) atoms. The zero-order valence-corrected chi connectivity index (χ0v) is 17.5. The van der Waals surface area contributed by atoms with Crippen molar-refractivity contribution in [2.75, 3.05) is 14.2 Å². The van der Waals surface area contributed by atoms with E-state index in [1.807, 2.05) is 0 Å². The van der Waals surface area contributed by atoms with Gasteiger partial charge in [0.05, 0.1) is 14.2 Å². The minimum atomic E-state index is -1.51. The standard InChI is InChI=1S/C22H20ClNO6/c1-12-8-14(25)9-17(29-11-13-4-6-24-7-5-13)22(12)21(26)18-15(27-2)10-16(28-3)19(23)20(18)30-22/h4-7,9-10,12H,8,11H2,1-3H3/t12-,22+/m1/s1. The fraction of sp³-hybridized carbons (Fsp3) is 0.318. The van der Waals surface area contributed by atoms with E-state index in [0.717, 1.165) is 5.56 Å². The van der Waals surface area contributed by atoms with E-state index < -0.39 is 11.5 Å². The fourth-order valence-electron chi connectivity index (χ4n) is 3.88. The summed E-state index contributed by atoms with van der Waals surface area (Å²) >= 11 is 6.46. The number of fused-ring (bicyclic) bond motifs is 1. The highest BCUT2D eigenvalue weighted by Crippen LogP contribution is 2.54. The summed E-state index contributed by atoms with van der Waals surface area (Å²) < 4.78 is 22.9. The smallest absolute Gasteiger partial charge is 0.231 e. The maximum absolute atomic E-state index is 13.7. The van der Waals surface area contributed by atoms with Crippen molar-refractivity contribution in [2.45, 2.75) is 25.6 Å². The van der Waals surface area contributed by atoms with Gasteiger partial charge in [0, 0.05) is 36.9 Å². The Hall–Kier alpha value is -3.06. The van der Waals surface area contributed by atoms with E-state index in [4.69, 9.17) is 30.5 Å². The van der Waals surface area contributed by atoms with E-state index in [-0.39, 0.29) is 52.4 Å². The average Bonchev–Trinajstić information content (AvgIpc) is 3.06. The SMILES string of the molecule is COc1cc(OC)c2c(c1Cl)O[C@]1(C2=O)C(OCc2ccncc2)=CC(=O)C[C@H]1C. The van der Waals surface area contributed by atoms with Crippen LogP contribution in [0.2, 0.25) is 5.02 Å². The molecule has 0 unspecified atom stereocenters. The predicted molar refractivity (Wildman–Crippen MR) is 108 cm³/mol. The van der Waals surface area contributed by atoms with Crippen LogP contribution in [0.3, 0.4) is 0 Å². The number of aromatic nitrogens is 1. The number of Topliss-reactive ketones (excluding diaryl/α,β-unsaturated/α-hetero) is 1. The first kappa shape index (κ1) is 20.2. The van der Waals surface area contributed by atoms with Crippen molar-refractivity contribution < 1.29 is 28.5 Å². The lowest BCUT2D eigenvalue weighted by atomic mass is 9.75. The Labute approximate surface area is 178 Å². The molecule has 4 rings (SSSR count). The van der Waals surface area contributed by atoms with Crippen LogP contribution in [0.25, 0.3) is 0 Å². The molecule has 2 atom stereocenters. The van der Waals surface area contributed by atoms with Gasteiger partial charge in [-0.2, -0.15) is 0 Å². The molecule has 2 aliphatic rings. The van der Waals surface area contributed by atoms with Crippen LogP contribution in [0.5, 0.6) is 17.2 Å². The van der Waals surface area contributed by atoms with Gasteiger partial charge in [-0.3, -0.25) is 14.6 Å². The highest BCUT2D eigenvalue weighted by molar-refractivity contribution is 6.35. The van der Waals surface area contributed by atoms with Crippen molar-refractivity contribution >= 4 is 23.2 Å². The van der Waals surface area contributed by atoms with E-state index in [2.05, 4.69) is 4.98 Å². The van der Waals surface area contributed by atoms with E-state index in [1.54, 1.807) is 37.5 Å². The molecule has 1 aromatic heterocycles. The average molecular weight is 430 g/mol. The number of ether oxygens (including phenoxy) is 4. The predicted octanol–water partition coefficient (Wildman–Crippen LogP) is 3.78. The quantitative estimate of drug-likeness (QED) is 0.715. The number of benzene rings is 1. The van der Waals surface area contributed by atoms with Gasteiger partial charge in [-0.1, -0.05) is 18.5 Å². The zero-order chi connectivity index (χ0) is 21.5. The fourth-order valence-corrected chi connectivity index (χ4v) is 4.14. The van der Waals surface area contributed by atoms with Crippen LogP contribution >= 0.6 is 11.6 Å². The van der Waals surface area contributed by atoms with Crippen LogP contribution in [0, 0.1) is 5.92 Å². The van der Waals surface area contributed by atoms with Gasteiger partial charge in [0.15, 0.2) is 17.3 Å². The first-order valence-corrected chi connectivity index (χ1v) is 9.75. The number of carbonyl (C=O) groups is 2. The van der Waals surface area contributed by atoms with Gasteiger partial charge < -0.3 is 18.9 Å². The van der Waals surface area contributed by atoms with Crippen molar-refractivity contribution in [2.24, 2.45) is 5.92 Å². The number of ketones is 2. The number of hydrogen-bond donors (Lipinski definition) is 0. The molecule has 8 heteroatoms. The maximum atomic E-state index is 13.7. The Morgan fingerprint density at radius 1 is 1.20 bits per heavy atom. The van der Waals surface area contributed by atoms with Crippen molar-refractivity contribution in [1.82, 2.24) is 4.98 Å². The molecule has 0 fully saturated rings.